The van der Waals surface area contributed by atoms with Crippen molar-refractivity contribution >= 4 is 26.1 Å². The fourth-order valence-corrected chi connectivity index (χ4v) is 1.46. The third-order valence-electron chi connectivity index (χ3n) is 1.51. The second-order valence-electron chi connectivity index (χ2n) is 2.83. The molecule has 0 spiro atoms. The Morgan fingerprint density at radius 2 is 1.30 bits per heavy atom. The van der Waals surface area contributed by atoms with Crippen molar-refractivity contribution < 1.29 is 35.2 Å². The van der Waals surface area contributed by atoms with Crippen LogP contribution >= 0.6 is 0 Å². The highest BCUT2D eigenvalue weighted by Gasteiger charge is 2.16. The molecule has 0 fully saturated rings. The van der Waals surface area contributed by atoms with Crippen LogP contribution in [0.25, 0.3) is 0 Å². The normalized spacial score (nSPS) is 11.1. The number of hydrogen-bond donors (Lipinski definition) is 0. The SMILES string of the molecule is O=[N+]([O-])S(=O)(=O)[O-].O=[N+]([O-])c1ccccc1S(=O)(=O)[O-]. The molecule has 0 aliphatic rings. The minimum Gasteiger partial charge on any atom is -0.744 e. The van der Waals surface area contributed by atoms with Crippen molar-refractivity contribution in [3.05, 3.63) is 44.5 Å². The van der Waals surface area contributed by atoms with Crippen molar-refractivity contribution in [2.24, 2.45) is 0 Å². The minimum absolute atomic E-state index is 0.697. The van der Waals surface area contributed by atoms with Crippen LogP contribution in [-0.2, 0) is 20.4 Å². The Bertz CT molecular complexity index is 722. The van der Waals surface area contributed by atoms with E-state index in [1.54, 1.807) is 0 Å². The van der Waals surface area contributed by atoms with E-state index < -0.39 is 40.3 Å². The van der Waals surface area contributed by atoms with Gasteiger partial charge in [0, 0.05) is 6.07 Å². The second-order valence-corrected chi connectivity index (χ2v) is 5.33. The maximum Gasteiger partial charge on any atom is 0.380 e. The molecule has 0 bridgehead atoms. The van der Waals surface area contributed by atoms with E-state index >= 15 is 0 Å². The summed E-state index contributed by atoms with van der Waals surface area (Å²) >= 11 is 0. The standard InChI is InChI=1S/C6H5NO5S.HNO5S/c8-7(9)5-3-1-2-4-6(5)13(10,11)12;2-1(3)7(4,5)6/h1-4H,(H,10,11,12);(H,4,5,6)/p-2. The summed E-state index contributed by atoms with van der Waals surface area (Å²) in [5, 5.41) is 19.2. The molecule has 1 rings (SSSR count). The molecule has 0 N–H and O–H groups in total. The molecule has 0 unspecified atom stereocenters. The second kappa shape index (κ2) is 6.33. The van der Waals surface area contributed by atoms with Gasteiger partial charge in [0.15, 0.2) is 0 Å². The molecule has 1 aromatic carbocycles. The Kier molecular flexibility index (Phi) is 5.64. The molecule has 12 nitrogen and oxygen atoms in total. The number of nitrogens with zero attached hydrogens (tertiary/aromatic N) is 2. The Hall–Kier alpha value is -2.16. The Labute approximate surface area is 111 Å². The third kappa shape index (κ3) is 5.65. The van der Waals surface area contributed by atoms with Gasteiger partial charge in [-0.1, -0.05) is 12.1 Å². The summed E-state index contributed by atoms with van der Waals surface area (Å²) in [6.45, 7) is 0. The van der Waals surface area contributed by atoms with E-state index in [4.69, 9.17) is 23.1 Å². The number of para-hydroxylation sites is 1. The molecule has 0 aliphatic heterocycles. The van der Waals surface area contributed by atoms with Crippen LogP contribution in [0.1, 0.15) is 0 Å². The van der Waals surface area contributed by atoms with E-state index in [1.165, 1.54) is 12.1 Å². The summed E-state index contributed by atoms with van der Waals surface area (Å²) < 4.78 is 56.8. The molecule has 0 radical (unpaired) electrons. The van der Waals surface area contributed by atoms with Gasteiger partial charge in [0.25, 0.3) is 5.69 Å². The summed E-state index contributed by atoms with van der Waals surface area (Å²) in [6.07, 6.45) is 0. The largest absolute Gasteiger partial charge is 0.744 e. The molecule has 112 valence electrons. The van der Waals surface area contributed by atoms with E-state index in [9.17, 15) is 23.1 Å². The van der Waals surface area contributed by atoms with Gasteiger partial charge in [-0.3, -0.25) is 10.1 Å². The quantitative estimate of drug-likeness (QED) is 0.384. The predicted octanol–water partition coefficient (Wildman–Crippen LogP) is -0.778. The molecule has 0 heterocycles. The Morgan fingerprint density at radius 3 is 1.55 bits per heavy atom. The van der Waals surface area contributed by atoms with Crippen LogP contribution in [0.3, 0.4) is 0 Å². The summed E-state index contributed by atoms with van der Waals surface area (Å²) in [6, 6.07) is 4.40. The van der Waals surface area contributed by atoms with E-state index in [1.807, 2.05) is 0 Å². The lowest BCUT2D eigenvalue weighted by molar-refractivity contribution is -0.387. The van der Waals surface area contributed by atoms with E-state index in [0.29, 0.717) is 0 Å². The van der Waals surface area contributed by atoms with Gasteiger partial charge < -0.3 is 9.11 Å². The van der Waals surface area contributed by atoms with Gasteiger partial charge in [0.1, 0.15) is 19.3 Å². The van der Waals surface area contributed by atoms with Gasteiger partial charge in [-0.25, -0.2) is 18.5 Å². The summed E-state index contributed by atoms with van der Waals surface area (Å²) in [5.41, 5.74) is -0.697. The van der Waals surface area contributed by atoms with Crippen LogP contribution in [0.2, 0.25) is 0 Å². The molecule has 20 heavy (non-hydrogen) atoms. The van der Waals surface area contributed by atoms with Crippen molar-refractivity contribution in [2.75, 3.05) is 0 Å². The van der Waals surface area contributed by atoms with Crippen LogP contribution in [0.15, 0.2) is 29.2 Å². The van der Waals surface area contributed by atoms with Crippen LogP contribution in [0, 0.1) is 20.2 Å². The van der Waals surface area contributed by atoms with Crippen LogP contribution in [0.4, 0.5) is 5.69 Å². The number of nitro benzene ring substituents is 1. The predicted molar refractivity (Wildman–Crippen MR) is 57.8 cm³/mol. The molecule has 0 amide bonds. The lowest BCUT2D eigenvalue weighted by Gasteiger charge is -2.06. The van der Waals surface area contributed by atoms with E-state index in [-0.39, 0.29) is 0 Å². The van der Waals surface area contributed by atoms with Crippen LogP contribution in [-0.4, -0.2) is 35.2 Å². The zero-order chi connectivity index (χ0) is 16.1. The molecule has 0 aliphatic carbocycles. The van der Waals surface area contributed by atoms with E-state index in [2.05, 4.69) is 0 Å². The fourth-order valence-electron chi connectivity index (χ4n) is 0.819. The van der Waals surface area contributed by atoms with Gasteiger partial charge in [-0.15, -0.1) is 0 Å². The number of nitro groups is 2. The molecule has 0 atom stereocenters. The van der Waals surface area contributed by atoms with Gasteiger partial charge in [-0.2, -0.15) is 8.42 Å². The summed E-state index contributed by atoms with van der Waals surface area (Å²) in [5.74, 6) is 0. The van der Waals surface area contributed by atoms with Gasteiger partial charge >= 0.3 is 10.3 Å². The van der Waals surface area contributed by atoms with Crippen molar-refractivity contribution in [3.63, 3.8) is 0 Å². The number of rotatable bonds is 3. The zero-order valence-corrected chi connectivity index (χ0v) is 10.7. The van der Waals surface area contributed by atoms with Crippen molar-refractivity contribution in [1.82, 2.24) is 0 Å². The first-order valence-corrected chi connectivity index (χ1v) is 6.94. The fraction of sp³-hybridized carbons (Fsp3) is 0. The maximum absolute atomic E-state index is 10.5. The number of hydrogen-bond acceptors (Lipinski definition) is 10. The molecule has 0 saturated carbocycles. The smallest absolute Gasteiger partial charge is 0.380 e. The highest BCUT2D eigenvalue weighted by Crippen LogP contribution is 2.21. The Balaban J connectivity index is 0.000000441. The first-order chi connectivity index (χ1) is 8.87. The molecular formula is C6H4N2O10S2-2. The number of benzene rings is 1. The highest BCUT2D eigenvalue weighted by atomic mass is 32.2. The lowest BCUT2D eigenvalue weighted by Crippen LogP contribution is -2.09. The maximum atomic E-state index is 10.5. The van der Waals surface area contributed by atoms with Crippen LogP contribution < -0.4 is 0 Å². The monoisotopic (exact) mass is 328 g/mol. The molecule has 0 saturated heterocycles. The zero-order valence-electron chi connectivity index (χ0n) is 9.10. The van der Waals surface area contributed by atoms with Crippen molar-refractivity contribution in [3.8, 4) is 0 Å². The highest BCUT2D eigenvalue weighted by molar-refractivity contribution is 7.85. The average Bonchev–Trinajstić information content (AvgIpc) is 2.27. The van der Waals surface area contributed by atoms with Crippen molar-refractivity contribution in [2.45, 2.75) is 4.90 Å². The topological polar surface area (TPSA) is 201 Å². The van der Waals surface area contributed by atoms with Gasteiger partial charge in [-0.05, 0) is 6.07 Å². The van der Waals surface area contributed by atoms with E-state index in [0.717, 1.165) is 12.1 Å². The Morgan fingerprint density at radius 1 is 0.900 bits per heavy atom. The van der Waals surface area contributed by atoms with Gasteiger partial charge in [0.2, 0.25) is 0 Å². The molecule has 14 heteroatoms. The van der Waals surface area contributed by atoms with Crippen molar-refractivity contribution in [1.29, 1.82) is 0 Å². The van der Waals surface area contributed by atoms with Crippen LogP contribution in [0.5, 0.6) is 0 Å². The molecular weight excluding hydrogens is 324 g/mol. The minimum atomic E-state index is -5.27. The van der Waals surface area contributed by atoms with Gasteiger partial charge in [0.05, 0.1) is 4.92 Å². The third-order valence-corrected chi connectivity index (χ3v) is 2.76. The summed E-state index contributed by atoms with van der Waals surface area (Å²) in [7, 11) is -10.0. The lowest BCUT2D eigenvalue weighted by atomic mass is 10.3. The first kappa shape index (κ1) is 17.8. The average molecular weight is 328 g/mol. The molecule has 1 aromatic rings. The summed E-state index contributed by atoms with van der Waals surface area (Å²) in [4.78, 5) is 17.5. The molecule has 0 aromatic heterocycles. The first-order valence-electron chi connectivity index (χ1n) is 4.17.